The Kier molecular flexibility index (Phi) is 4.35. The molecular formula is C17H24N2O2. The number of aromatic carboxylic acids is 1. The van der Waals surface area contributed by atoms with E-state index in [2.05, 4.69) is 32.3 Å². The lowest BCUT2D eigenvalue weighted by Gasteiger charge is -2.29. The van der Waals surface area contributed by atoms with Crippen molar-refractivity contribution in [1.29, 1.82) is 0 Å². The van der Waals surface area contributed by atoms with Gasteiger partial charge in [-0.1, -0.05) is 20.3 Å². The highest BCUT2D eigenvalue weighted by atomic mass is 16.4. The first-order valence-electron chi connectivity index (χ1n) is 7.66. The number of rotatable bonds is 6. The van der Waals surface area contributed by atoms with Crippen molar-refractivity contribution in [1.82, 2.24) is 9.55 Å². The average Bonchev–Trinajstić information content (AvgIpc) is 2.76. The summed E-state index contributed by atoms with van der Waals surface area (Å²) in [7, 11) is 0. The van der Waals surface area contributed by atoms with Gasteiger partial charge in [0.05, 0.1) is 16.6 Å². The average molecular weight is 288 g/mol. The highest BCUT2D eigenvalue weighted by molar-refractivity contribution is 5.92. The summed E-state index contributed by atoms with van der Waals surface area (Å²) in [5, 5.41) is 9.13. The van der Waals surface area contributed by atoms with Crippen LogP contribution in [0.4, 0.5) is 0 Å². The number of carbonyl (C=O) groups is 1. The Bertz CT molecular complexity index is 656. The molecule has 21 heavy (non-hydrogen) atoms. The second-order valence-corrected chi connectivity index (χ2v) is 6.18. The molecule has 0 aliphatic heterocycles. The number of fused-ring (bicyclic) bond motifs is 1. The van der Waals surface area contributed by atoms with Gasteiger partial charge in [0.1, 0.15) is 5.82 Å². The van der Waals surface area contributed by atoms with Gasteiger partial charge in [0.15, 0.2) is 0 Å². The maximum Gasteiger partial charge on any atom is 0.335 e. The van der Waals surface area contributed by atoms with Crippen LogP contribution in [0.15, 0.2) is 18.2 Å². The maximum absolute atomic E-state index is 11.1. The van der Waals surface area contributed by atoms with Gasteiger partial charge in [0, 0.05) is 12.0 Å². The molecule has 0 amide bonds. The standard InChI is InChI=1S/C17H24N2O2/c1-5-7-15-18-13-11-12(16(20)21)8-9-14(13)19(15)17(3,4)10-6-2/h8-9,11H,5-7,10H2,1-4H3,(H,20,21). The number of hydrogen-bond acceptors (Lipinski definition) is 2. The Balaban J connectivity index is 2.65. The molecule has 1 heterocycles. The molecule has 1 N–H and O–H groups in total. The van der Waals surface area contributed by atoms with E-state index in [1.165, 1.54) is 0 Å². The van der Waals surface area contributed by atoms with Crippen LogP contribution in [0.1, 0.15) is 63.1 Å². The van der Waals surface area contributed by atoms with Gasteiger partial charge in [0.2, 0.25) is 0 Å². The van der Waals surface area contributed by atoms with E-state index in [4.69, 9.17) is 10.1 Å². The number of carboxylic acid groups (broad SMARTS) is 1. The Morgan fingerprint density at radius 1 is 1.29 bits per heavy atom. The smallest absolute Gasteiger partial charge is 0.335 e. The van der Waals surface area contributed by atoms with Gasteiger partial charge in [-0.2, -0.15) is 0 Å². The van der Waals surface area contributed by atoms with Crippen molar-refractivity contribution in [3.63, 3.8) is 0 Å². The lowest BCUT2D eigenvalue weighted by atomic mass is 9.97. The SMILES string of the molecule is CCCc1nc2cc(C(=O)O)ccc2n1C(C)(C)CCC. The second kappa shape index (κ2) is 5.88. The number of nitrogens with zero attached hydrogens (tertiary/aromatic N) is 2. The molecule has 2 aromatic rings. The molecule has 0 atom stereocenters. The lowest BCUT2D eigenvalue weighted by molar-refractivity contribution is 0.0697. The minimum atomic E-state index is -0.906. The van der Waals surface area contributed by atoms with Crippen LogP contribution in [0.25, 0.3) is 11.0 Å². The van der Waals surface area contributed by atoms with E-state index in [1.54, 1.807) is 12.1 Å². The summed E-state index contributed by atoms with van der Waals surface area (Å²) >= 11 is 0. The summed E-state index contributed by atoms with van der Waals surface area (Å²) in [6.07, 6.45) is 4.10. The van der Waals surface area contributed by atoms with Crippen molar-refractivity contribution in [2.75, 3.05) is 0 Å². The summed E-state index contributed by atoms with van der Waals surface area (Å²) in [5.74, 6) is 0.143. The fourth-order valence-corrected chi connectivity index (χ4v) is 3.05. The highest BCUT2D eigenvalue weighted by Gasteiger charge is 2.25. The molecule has 0 bridgehead atoms. The van der Waals surface area contributed by atoms with E-state index in [0.717, 1.165) is 42.5 Å². The summed E-state index contributed by atoms with van der Waals surface area (Å²) in [4.78, 5) is 15.8. The number of hydrogen-bond donors (Lipinski definition) is 1. The molecule has 0 aliphatic rings. The zero-order valence-corrected chi connectivity index (χ0v) is 13.3. The molecule has 1 aromatic heterocycles. The van der Waals surface area contributed by atoms with Crippen molar-refractivity contribution in [3.05, 3.63) is 29.6 Å². The van der Waals surface area contributed by atoms with Crippen molar-refractivity contribution in [2.24, 2.45) is 0 Å². The van der Waals surface area contributed by atoms with E-state index in [9.17, 15) is 4.79 Å². The Hall–Kier alpha value is -1.84. The summed E-state index contributed by atoms with van der Waals surface area (Å²) < 4.78 is 2.29. The molecule has 0 unspecified atom stereocenters. The van der Waals surface area contributed by atoms with Crippen molar-refractivity contribution >= 4 is 17.0 Å². The Morgan fingerprint density at radius 2 is 2.00 bits per heavy atom. The maximum atomic E-state index is 11.1. The van der Waals surface area contributed by atoms with Gasteiger partial charge in [-0.05, 0) is 44.9 Å². The minimum Gasteiger partial charge on any atom is -0.478 e. The molecule has 0 radical (unpaired) electrons. The quantitative estimate of drug-likeness (QED) is 0.865. The van der Waals surface area contributed by atoms with Crippen LogP contribution < -0.4 is 0 Å². The van der Waals surface area contributed by atoms with Gasteiger partial charge in [0.25, 0.3) is 0 Å². The molecule has 1 aromatic carbocycles. The van der Waals surface area contributed by atoms with Crippen molar-refractivity contribution in [3.8, 4) is 0 Å². The molecule has 2 rings (SSSR count). The minimum absolute atomic E-state index is 0.0151. The third-order valence-electron chi connectivity index (χ3n) is 3.91. The normalized spacial score (nSPS) is 12.0. The molecule has 0 saturated carbocycles. The Labute approximate surface area is 125 Å². The van der Waals surface area contributed by atoms with Crippen LogP contribution in [0.3, 0.4) is 0 Å². The molecule has 0 fully saturated rings. The van der Waals surface area contributed by atoms with E-state index >= 15 is 0 Å². The summed E-state index contributed by atoms with van der Waals surface area (Å²) in [6.45, 7) is 8.77. The zero-order chi connectivity index (χ0) is 15.6. The molecule has 0 aliphatic carbocycles. The van der Waals surface area contributed by atoms with Crippen molar-refractivity contribution < 1.29 is 9.90 Å². The van der Waals surface area contributed by atoms with Gasteiger partial charge >= 0.3 is 5.97 Å². The van der Waals surface area contributed by atoms with E-state index in [-0.39, 0.29) is 5.54 Å². The van der Waals surface area contributed by atoms with Crippen LogP contribution in [0.2, 0.25) is 0 Å². The number of imidazole rings is 1. The monoisotopic (exact) mass is 288 g/mol. The molecule has 0 spiro atoms. The van der Waals surface area contributed by atoms with Gasteiger partial charge in [-0.3, -0.25) is 0 Å². The third kappa shape index (κ3) is 2.94. The van der Waals surface area contributed by atoms with Gasteiger partial charge < -0.3 is 9.67 Å². The first-order valence-corrected chi connectivity index (χ1v) is 7.66. The fraction of sp³-hybridized carbons (Fsp3) is 0.529. The summed E-state index contributed by atoms with van der Waals surface area (Å²) in [5.41, 5.74) is 2.09. The Morgan fingerprint density at radius 3 is 2.57 bits per heavy atom. The predicted octanol–water partition coefficient (Wildman–Crippen LogP) is 4.22. The molecule has 0 saturated heterocycles. The van der Waals surface area contributed by atoms with Gasteiger partial charge in [-0.25, -0.2) is 9.78 Å². The topological polar surface area (TPSA) is 55.1 Å². The zero-order valence-electron chi connectivity index (χ0n) is 13.3. The molecule has 114 valence electrons. The van der Waals surface area contributed by atoms with Crippen molar-refractivity contribution in [2.45, 2.75) is 58.9 Å². The van der Waals surface area contributed by atoms with Gasteiger partial charge in [-0.15, -0.1) is 0 Å². The van der Waals surface area contributed by atoms with Crippen LogP contribution >= 0.6 is 0 Å². The van der Waals surface area contributed by atoms with Crippen LogP contribution in [-0.2, 0) is 12.0 Å². The predicted molar refractivity (Wildman–Crippen MR) is 84.9 cm³/mol. The first-order chi connectivity index (χ1) is 9.90. The summed E-state index contributed by atoms with van der Waals surface area (Å²) in [6, 6.07) is 5.23. The van der Waals surface area contributed by atoms with Crippen LogP contribution in [0.5, 0.6) is 0 Å². The fourth-order valence-electron chi connectivity index (χ4n) is 3.05. The largest absolute Gasteiger partial charge is 0.478 e. The number of benzene rings is 1. The number of aromatic nitrogens is 2. The van der Waals surface area contributed by atoms with Crippen LogP contribution in [0, 0.1) is 0 Å². The molecular weight excluding hydrogens is 264 g/mol. The first kappa shape index (κ1) is 15.5. The number of carboxylic acids is 1. The second-order valence-electron chi connectivity index (χ2n) is 6.18. The highest BCUT2D eigenvalue weighted by Crippen LogP contribution is 2.30. The van der Waals surface area contributed by atoms with E-state index in [1.807, 2.05) is 6.07 Å². The molecule has 4 nitrogen and oxygen atoms in total. The molecule has 4 heteroatoms. The third-order valence-corrected chi connectivity index (χ3v) is 3.91. The lowest BCUT2D eigenvalue weighted by Crippen LogP contribution is -2.27. The van der Waals surface area contributed by atoms with E-state index < -0.39 is 5.97 Å². The number of aryl methyl sites for hydroxylation is 1. The van der Waals surface area contributed by atoms with Crippen LogP contribution in [-0.4, -0.2) is 20.6 Å². The van der Waals surface area contributed by atoms with E-state index in [0.29, 0.717) is 5.56 Å².